The average molecular weight is 357 g/mol. The number of rotatable bonds is 5. The third kappa shape index (κ3) is 4.74. The van der Waals surface area contributed by atoms with Crippen LogP contribution in [0, 0.1) is 5.82 Å². The Balaban J connectivity index is 1.66. The molecule has 0 atom stereocenters. The molecule has 5 nitrogen and oxygen atoms in total. The topological polar surface area (TPSA) is 66.9 Å². The summed E-state index contributed by atoms with van der Waals surface area (Å²) in [6, 6.07) is 15.1. The number of anilines is 3. The van der Waals surface area contributed by atoms with Gasteiger partial charge in [-0.15, -0.1) is 5.10 Å². The van der Waals surface area contributed by atoms with Crippen LogP contribution in [0.2, 0.25) is 5.02 Å². The van der Waals surface area contributed by atoms with Crippen molar-refractivity contribution >= 4 is 34.7 Å². The molecule has 25 heavy (non-hydrogen) atoms. The van der Waals surface area contributed by atoms with E-state index in [0.29, 0.717) is 17.1 Å². The number of amides is 1. The van der Waals surface area contributed by atoms with Gasteiger partial charge in [-0.2, -0.15) is 5.10 Å². The second-order valence-electron chi connectivity index (χ2n) is 5.28. The fraction of sp³-hybridized carbons (Fsp3) is 0.0556. The van der Waals surface area contributed by atoms with Gasteiger partial charge in [0.1, 0.15) is 5.82 Å². The summed E-state index contributed by atoms with van der Waals surface area (Å²) in [6.45, 7) is 0. The molecular weight excluding hydrogens is 343 g/mol. The van der Waals surface area contributed by atoms with Gasteiger partial charge in [0, 0.05) is 16.8 Å². The van der Waals surface area contributed by atoms with E-state index >= 15 is 0 Å². The molecule has 3 rings (SSSR count). The minimum Gasteiger partial charge on any atom is -0.339 e. The van der Waals surface area contributed by atoms with Gasteiger partial charge < -0.3 is 10.6 Å². The first kappa shape index (κ1) is 16.9. The number of hydrogen-bond acceptors (Lipinski definition) is 4. The molecule has 2 aromatic carbocycles. The first-order valence-corrected chi connectivity index (χ1v) is 7.86. The molecular formula is C18H14ClFN4O. The maximum Gasteiger partial charge on any atom is 0.228 e. The molecule has 126 valence electrons. The number of aromatic nitrogens is 2. The summed E-state index contributed by atoms with van der Waals surface area (Å²) in [6.07, 6.45) is 1.48. The van der Waals surface area contributed by atoms with Crippen molar-refractivity contribution in [3.05, 3.63) is 77.2 Å². The number of nitrogens with one attached hydrogen (secondary N) is 2. The summed E-state index contributed by atoms with van der Waals surface area (Å²) in [5, 5.41) is 13.9. The highest BCUT2D eigenvalue weighted by Crippen LogP contribution is 2.19. The average Bonchev–Trinajstić information content (AvgIpc) is 2.59. The van der Waals surface area contributed by atoms with Gasteiger partial charge in [-0.3, -0.25) is 4.79 Å². The van der Waals surface area contributed by atoms with Crippen molar-refractivity contribution in [2.45, 2.75) is 6.42 Å². The number of carbonyl (C=O) groups excluding carboxylic acids is 1. The van der Waals surface area contributed by atoms with Crippen LogP contribution in [0.4, 0.5) is 21.6 Å². The highest BCUT2D eigenvalue weighted by atomic mass is 35.5. The predicted octanol–water partition coefficient (Wildman–Crippen LogP) is 4.19. The van der Waals surface area contributed by atoms with Crippen molar-refractivity contribution in [2.24, 2.45) is 0 Å². The van der Waals surface area contributed by atoms with E-state index < -0.39 is 5.82 Å². The van der Waals surface area contributed by atoms with Gasteiger partial charge in [0.15, 0.2) is 5.82 Å². The Bertz CT molecular complexity index is 889. The van der Waals surface area contributed by atoms with Gasteiger partial charge >= 0.3 is 0 Å². The van der Waals surface area contributed by atoms with Crippen LogP contribution in [-0.2, 0) is 11.2 Å². The molecule has 0 bridgehead atoms. The largest absolute Gasteiger partial charge is 0.339 e. The van der Waals surface area contributed by atoms with Crippen molar-refractivity contribution in [1.29, 1.82) is 0 Å². The van der Waals surface area contributed by atoms with Crippen molar-refractivity contribution in [2.75, 3.05) is 10.6 Å². The lowest BCUT2D eigenvalue weighted by atomic mass is 10.1. The lowest BCUT2D eigenvalue weighted by molar-refractivity contribution is -0.115. The normalized spacial score (nSPS) is 10.3. The van der Waals surface area contributed by atoms with Gasteiger partial charge in [0.25, 0.3) is 0 Å². The zero-order valence-electron chi connectivity index (χ0n) is 13.0. The van der Waals surface area contributed by atoms with E-state index in [1.807, 2.05) is 30.3 Å². The third-order valence-electron chi connectivity index (χ3n) is 3.35. The summed E-state index contributed by atoms with van der Waals surface area (Å²) < 4.78 is 13.0. The molecule has 2 N–H and O–H groups in total. The lowest BCUT2D eigenvalue weighted by Crippen LogP contribution is -2.15. The molecule has 0 aliphatic rings. The SMILES string of the molecule is O=C(Cc1ccc(F)cc1Cl)Nc1cnnc(Nc2ccccc2)c1. The van der Waals surface area contributed by atoms with Crippen LogP contribution in [0.1, 0.15) is 5.56 Å². The fourth-order valence-electron chi connectivity index (χ4n) is 2.21. The van der Waals surface area contributed by atoms with E-state index in [1.54, 1.807) is 6.07 Å². The number of benzene rings is 2. The number of para-hydroxylation sites is 1. The molecule has 1 heterocycles. The number of hydrogen-bond donors (Lipinski definition) is 2. The molecule has 1 aromatic heterocycles. The zero-order chi connectivity index (χ0) is 17.6. The third-order valence-corrected chi connectivity index (χ3v) is 3.70. The Hall–Kier alpha value is -2.99. The Kier molecular flexibility index (Phi) is 5.20. The second kappa shape index (κ2) is 7.72. The van der Waals surface area contributed by atoms with Crippen LogP contribution in [0.3, 0.4) is 0 Å². The van der Waals surface area contributed by atoms with Crippen LogP contribution in [0.25, 0.3) is 0 Å². The van der Waals surface area contributed by atoms with E-state index in [9.17, 15) is 9.18 Å². The summed E-state index contributed by atoms with van der Waals surface area (Å²) in [7, 11) is 0. The summed E-state index contributed by atoms with van der Waals surface area (Å²) in [5.41, 5.74) is 1.90. The fourth-order valence-corrected chi connectivity index (χ4v) is 2.44. The maximum absolute atomic E-state index is 13.0. The molecule has 0 unspecified atom stereocenters. The van der Waals surface area contributed by atoms with Crippen molar-refractivity contribution < 1.29 is 9.18 Å². The first-order valence-electron chi connectivity index (χ1n) is 7.49. The van der Waals surface area contributed by atoms with Gasteiger partial charge in [-0.25, -0.2) is 4.39 Å². The minimum atomic E-state index is -0.441. The van der Waals surface area contributed by atoms with Gasteiger partial charge in [-0.05, 0) is 29.8 Å². The molecule has 0 radical (unpaired) electrons. The number of halogens is 2. The molecule has 0 fully saturated rings. The minimum absolute atomic E-state index is 0.0306. The maximum atomic E-state index is 13.0. The molecule has 0 spiro atoms. The van der Waals surface area contributed by atoms with Crippen molar-refractivity contribution in [3.8, 4) is 0 Å². The first-order chi connectivity index (χ1) is 12.1. The Morgan fingerprint density at radius 1 is 1.08 bits per heavy atom. The monoisotopic (exact) mass is 356 g/mol. The lowest BCUT2D eigenvalue weighted by Gasteiger charge is -2.08. The van der Waals surface area contributed by atoms with Gasteiger partial charge in [0.2, 0.25) is 5.91 Å². The molecule has 3 aromatic rings. The molecule has 0 saturated carbocycles. The highest BCUT2D eigenvalue weighted by Gasteiger charge is 2.09. The zero-order valence-corrected chi connectivity index (χ0v) is 13.8. The van der Waals surface area contributed by atoms with E-state index in [0.717, 1.165) is 5.69 Å². The van der Waals surface area contributed by atoms with Crippen LogP contribution < -0.4 is 10.6 Å². The van der Waals surface area contributed by atoms with Gasteiger partial charge in [0.05, 0.1) is 18.3 Å². The van der Waals surface area contributed by atoms with E-state index in [2.05, 4.69) is 20.8 Å². The van der Waals surface area contributed by atoms with Crippen molar-refractivity contribution in [3.63, 3.8) is 0 Å². The number of nitrogens with zero attached hydrogens (tertiary/aromatic N) is 2. The molecule has 7 heteroatoms. The molecule has 0 aliphatic carbocycles. The Labute approximate surface area is 148 Å². The second-order valence-corrected chi connectivity index (χ2v) is 5.69. The van der Waals surface area contributed by atoms with E-state index in [1.165, 1.54) is 24.4 Å². The molecule has 0 saturated heterocycles. The quantitative estimate of drug-likeness (QED) is 0.719. The molecule has 0 aliphatic heterocycles. The van der Waals surface area contributed by atoms with E-state index in [-0.39, 0.29) is 17.4 Å². The van der Waals surface area contributed by atoms with E-state index in [4.69, 9.17) is 11.6 Å². The predicted molar refractivity (Wildman–Crippen MR) is 95.5 cm³/mol. The Morgan fingerprint density at radius 2 is 1.88 bits per heavy atom. The van der Waals surface area contributed by atoms with Crippen LogP contribution in [0.5, 0.6) is 0 Å². The summed E-state index contributed by atoms with van der Waals surface area (Å²) >= 11 is 5.94. The van der Waals surface area contributed by atoms with Crippen LogP contribution in [-0.4, -0.2) is 16.1 Å². The van der Waals surface area contributed by atoms with Crippen LogP contribution in [0.15, 0.2) is 60.8 Å². The smallest absolute Gasteiger partial charge is 0.228 e. The molecule has 1 amide bonds. The summed E-state index contributed by atoms with van der Waals surface area (Å²) in [5.74, 6) is -0.222. The Morgan fingerprint density at radius 3 is 2.64 bits per heavy atom. The van der Waals surface area contributed by atoms with Gasteiger partial charge in [-0.1, -0.05) is 35.9 Å². The van der Waals surface area contributed by atoms with Crippen molar-refractivity contribution in [1.82, 2.24) is 10.2 Å². The standard InChI is InChI=1S/C18H14ClFN4O/c19-16-9-13(20)7-6-12(16)8-18(25)23-15-10-17(24-21-11-15)22-14-4-2-1-3-5-14/h1-7,9-11H,8H2,(H2,22,23,24,25). The highest BCUT2D eigenvalue weighted by molar-refractivity contribution is 6.31. The van der Waals surface area contributed by atoms with Crippen LogP contribution >= 0.6 is 11.6 Å². The summed E-state index contributed by atoms with van der Waals surface area (Å²) in [4.78, 5) is 12.2. The number of carbonyl (C=O) groups is 1.